The molecule has 0 aliphatic carbocycles. The first-order valence-electron chi connectivity index (χ1n) is 15.4. The lowest BCUT2D eigenvalue weighted by Crippen LogP contribution is -2.37. The van der Waals surface area contributed by atoms with Gasteiger partial charge in [0.1, 0.15) is 19.8 Å². The number of rotatable bonds is 28. The van der Waals surface area contributed by atoms with Crippen LogP contribution in [0.3, 0.4) is 0 Å². The van der Waals surface area contributed by atoms with Crippen molar-refractivity contribution in [2.75, 3.05) is 54.1 Å². The number of likely N-dealkylation sites (N-methyl/N-ethyl adjacent to an activating group) is 1. The first-order chi connectivity index (χ1) is 19.0. The normalized spacial score (nSPS) is 14.1. The van der Waals surface area contributed by atoms with E-state index in [2.05, 4.69) is 6.92 Å². The highest BCUT2D eigenvalue weighted by atomic mass is 31.2. The lowest BCUT2D eigenvalue weighted by Gasteiger charge is -2.24. The quantitative estimate of drug-likeness (QED) is 0.0489. The lowest BCUT2D eigenvalue weighted by molar-refractivity contribution is -0.870. The standard InChI is InChI=1S/C29H58NO9P/c1-5-6-7-8-9-10-11-12-13-14-15-16-17-20-28(32)36-25-27(39-29(33)21-18-19-23-31)26-38-40(34,35)37-24-22-30(2,3)4/h27,31H,5-26H2,1-4H3/p+1/t27-/m1/s1. The number of aliphatic hydroxyl groups excluding tert-OH is 1. The van der Waals surface area contributed by atoms with Crippen LogP contribution in [0.15, 0.2) is 0 Å². The van der Waals surface area contributed by atoms with Gasteiger partial charge in [0.2, 0.25) is 0 Å². The summed E-state index contributed by atoms with van der Waals surface area (Å²) in [5.74, 6) is -0.968. The highest BCUT2D eigenvalue weighted by molar-refractivity contribution is 7.47. The third-order valence-corrected chi connectivity index (χ3v) is 7.43. The maximum Gasteiger partial charge on any atom is 0.472 e. The van der Waals surface area contributed by atoms with Gasteiger partial charge in [0.05, 0.1) is 27.7 Å². The Morgan fingerprint density at radius 2 is 1.23 bits per heavy atom. The molecule has 238 valence electrons. The molecule has 0 aromatic heterocycles. The summed E-state index contributed by atoms with van der Waals surface area (Å²) in [5, 5.41) is 8.89. The molecule has 0 saturated carbocycles. The van der Waals surface area contributed by atoms with Gasteiger partial charge >= 0.3 is 19.8 Å². The third-order valence-electron chi connectivity index (χ3n) is 6.44. The first-order valence-corrected chi connectivity index (χ1v) is 16.9. The highest BCUT2D eigenvalue weighted by Crippen LogP contribution is 2.43. The first kappa shape index (κ1) is 39.0. The van der Waals surface area contributed by atoms with Crippen LogP contribution in [-0.2, 0) is 32.7 Å². The van der Waals surface area contributed by atoms with E-state index in [1.165, 1.54) is 64.2 Å². The number of phosphoric ester groups is 1. The summed E-state index contributed by atoms with van der Waals surface area (Å²) in [6.45, 7) is 1.99. The number of ether oxygens (including phenoxy) is 2. The number of hydrogen-bond acceptors (Lipinski definition) is 8. The summed E-state index contributed by atoms with van der Waals surface area (Å²) in [5.41, 5.74) is 0. The van der Waals surface area contributed by atoms with Gasteiger partial charge in [0, 0.05) is 19.4 Å². The van der Waals surface area contributed by atoms with E-state index in [-0.39, 0.29) is 32.7 Å². The number of hydrogen-bond donors (Lipinski definition) is 2. The maximum absolute atomic E-state index is 12.2. The number of carbonyl (C=O) groups is 2. The van der Waals surface area contributed by atoms with Crippen LogP contribution >= 0.6 is 7.82 Å². The molecule has 0 bridgehead atoms. The molecule has 0 fully saturated rings. The molecule has 40 heavy (non-hydrogen) atoms. The molecule has 0 aromatic rings. The average Bonchev–Trinajstić information content (AvgIpc) is 2.87. The van der Waals surface area contributed by atoms with E-state index in [4.69, 9.17) is 23.6 Å². The Morgan fingerprint density at radius 1 is 0.725 bits per heavy atom. The second-order valence-electron chi connectivity index (χ2n) is 11.6. The molecule has 0 amide bonds. The summed E-state index contributed by atoms with van der Waals surface area (Å²) in [4.78, 5) is 34.3. The Labute approximate surface area is 243 Å². The molecule has 0 saturated heterocycles. The van der Waals surface area contributed by atoms with Crippen molar-refractivity contribution in [1.82, 2.24) is 0 Å². The number of unbranched alkanes of at least 4 members (excludes halogenated alkanes) is 13. The smallest absolute Gasteiger partial charge is 0.462 e. The number of esters is 2. The van der Waals surface area contributed by atoms with Crippen LogP contribution in [0.1, 0.15) is 116 Å². The topological polar surface area (TPSA) is 129 Å². The Balaban J connectivity index is 4.27. The van der Waals surface area contributed by atoms with Crippen molar-refractivity contribution in [2.45, 2.75) is 122 Å². The molecular formula is C29H59NO9P+. The van der Waals surface area contributed by atoms with Crippen molar-refractivity contribution in [3.63, 3.8) is 0 Å². The van der Waals surface area contributed by atoms with Gasteiger partial charge in [-0.2, -0.15) is 0 Å². The summed E-state index contributed by atoms with van der Waals surface area (Å²) >= 11 is 0. The second-order valence-corrected chi connectivity index (χ2v) is 13.0. The van der Waals surface area contributed by atoms with Gasteiger partial charge in [0.15, 0.2) is 6.10 Å². The van der Waals surface area contributed by atoms with Gasteiger partial charge in [-0.3, -0.25) is 18.6 Å². The van der Waals surface area contributed by atoms with Gasteiger partial charge in [-0.1, -0.05) is 84.0 Å². The fourth-order valence-corrected chi connectivity index (χ4v) is 4.67. The van der Waals surface area contributed by atoms with Crippen LogP contribution in [0.5, 0.6) is 0 Å². The molecule has 1 unspecified atom stereocenters. The maximum atomic E-state index is 12.2. The molecule has 0 aliphatic rings. The predicted octanol–water partition coefficient (Wildman–Crippen LogP) is 5.93. The molecule has 0 spiro atoms. The monoisotopic (exact) mass is 596 g/mol. The van der Waals surface area contributed by atoms with E-state index in [1.807, 2.05) is 21.1 Å². The van der Waals surface area contributed by atoms with E-state index >= 15 is 0 Å². The van der Waals surface area contributed by atoms with Crippen molar-refractivity contribution in [3.05, 3.63) is 0 Å². The Bertz CT molecular complexity index is 685. The van der Waals surface area contributed by atoms with Gasteiger partial charge < -0.3 is 24.0 Å². The zero-order valence-electron chi connectivity index (χ0n) is 25.8. The van der Waals surface area contributed by atoms with E-state index in [9.17, 15) is 19.0 Å². The molecule has 10 nitrogen and oxygen atoms in total. The number of carbonyl (C=O) groups excluding carboxylic acids is 2. The molecule has 0 rings (SSSR count). The SMILES string of the molecule is CCCCCCCCCCCCCCCC(=O)OC[C@H](COP(=O)(O)OCC[N+](C)(C)C)OC(=O)CCCCO. The molecule has 0 heterocycles. The summed E-state index contributed by atoms with van der Waals surface area (Å²) in [7, 11) is 1.40. The molecule has 2 atom stereocenters. The lowest BCUT2D eigenvalue weighted by atomic mass is 10.0. The number of phosphoric acid groups is 1. The van der Waals surface area contributed by atoms with Crippen molar-refractivity contribution in [3.8, 4) is 0 Å². The van der Waals surface area contributed by atoms with E-state index in [1.54, 1.807) is 0 Å². The Kier molecular flexibility index (Phi) is 23.9. The van der Waals surface area contributed by atoms with Crippen molar-refractivity contribution < 1.29 is 47.2 Å². The minimum absolute atomic E-state index is 0.0109. The van der Waals surface area contributed by atoms with Crippen molar-refractivity contribution in [1.29, 1.82) is 0 Å². The van der Waals surface area contributed by atoms with E-state index in [0.29, 0.717) is 23.9 Å². The summed E-state index contributed by atoms with van der Waals surface area (Å²) < 4.78 is 33.4. The molecular weight excluding hydrogens is 537 g/mol. The molecule has 2 N–H and O–H groups in total. The fraction of sp³-hybridized carbons (Fsp3) is 0.931. The molecule has 11 heteroatoms. The van der Waals surface area contributed by atoms with Crippen LogP contribution in [0.2, 0.25) is 0 Å². The Hall–Kier alpha value is -1.03. The minimum atomic E-state index is -4.37. The zero-order valence-corrected chi connectivity index (χ0v) is 26.7. The highest BCUT2D eigenvalue weighted by Gasteiger charge is 2.27. The number of quaternary nitrogens is 1. The van der Waals surface area contributed by atoms with E-state index in [0.717, 1.165) is 19.3 Å². The van der Waals surface area contributed by atoms with E-state index < -0.39 is 32.5 Å². The number of aliphatic hydroxyl groups is 1. The molecule has 0 aromatic carbocycles. The van der Waals surface area contributed by atoms with Crippen molar-refractivity contribution in [2.24, 2.45) is 0 Å². The van der Waals surface area contributed by atoms with Crippen LogP contribution < -0.4 is 0 Å². The van der Waals surface area contributed by atoms with Crippen LogP contribution in [0.25, 0.3) is 0 Å². The van der Waals surface area contributed by atoms with Crippen LogP contribution in [0.4, 0.5) is 0 Å². The van der Waals surface area contributed by atoms with Gasteiger partial charge in [0.25, 0.3) is 0 Å². The minimum Gasteiger partial charge on any atom is -0.462 e. The zero-order chi connectivity index (χ0) is 30.1. The largest absolute Gasteiger partial charge is 0.472 e. The second kappa shape index (κ2) is 24.6. The van der Waals surface area contributed by atoms with Crippen LogP contribution in [-0.4, -0.2) is 86.6 Å². The average molecular weight is 597 g/mol. The Morgan fingerprint density at radius 3 is 1.75 bits per heavy atom. The van der Waals surface area contributed by atoms with Gasteiger partial charge in [-0.15, -0.1) is 0 Å². The molecule has 0 radical (unpaired) electrons. The fourth-order valence-electron chi connectivity index (χ4n) is 3.93. The number of nitrogens with zero attached hydrogens (tertiary/aromatic N) is 1. The van der Waals surface area contributed by atoms with Crippen LogP contribution in [0, 0.1) is 0 Å². The summed E-state index contributed by atoms with van der Waals surface area (Å²) in [6, 6.07) is 0. The summed E-state index contributed by atoms with van der Waals surface area (Å²) in [6.07, 6.45) is 16.0. The molecule has 0 aliphatic heterocycles. The predicted molar refractivity (Wildman–Crippen MR) is 157 cm³/mol. The van der Waals surface area contributed by atoms with Gasteiger partial charge in [-0.05, 0) is 19.3 Å². The van der Waals surface area contributed by atoms with Gasteiger partial charge in [-0.25, -0.2) is 4.57 Å². The van der Waals surface area contributed by atoms with Crippen molar-refractivity contribution >= 4 is 19.8 Å². The third kappa shape index (κ3) is 27.2.